The fraction of sp³-hybridized carbons (Fsp3) is 0.562. The molecule has 1 fully saturated rings. The largest absolute Gasteiger partial charge is 0.494 e. The van der Waals surface area contributed by atoms with Crippen LogP contribution in [0.25, 0.3) is 0 Å². The molecule has 1 heterocycles. The van der Waals surface area contributed by atoms with Crippen LogP contribution in [0.4, 0.5) is 0 Å². The summed E-state index contributed by atoms with van der Waals surface area (Å²) in [6.07, 6.45) is 3.67. The topological polar surface area (TPSA) is 80.3 Å². The van der Waals surface area contributed by atoms with Gasteiger partial charge in [-0.1, -0.05) is 60.6 Å². The van der Waals surface area contributed by atoms with Gasteiger partial charge < -0.3 is 23.5 Å². The Kier molecular flexibility index (Phi) is 13.7. The maximum Gasteiger partial charge on any atom is 0.493 e. The maximum absolute atomic E-state index is 12.4. The van der Waals surface area contributed by atoms with Crippen molar-refractivity contribution < 1.29 is 33.1 Å². The van der Waals surface area contributed by atoms with Gasteiger partial charge in [-0.15, -0.1) is 0 Å². The van der Waals surface area contributed by atoms with Crippen LogP contribution in [-0.4, -0.2) is 45.5 Å². The summed E-state index contributed by atoms with van der Waals surface area (Å²) in [6.45, 7) is 17.3. The molecule has 2 aromatic rings. The molecule has 0 saturated carbocycles. The van der Waals surface area contributed by atoms with Gasteiger partial charge in [-0.05, 0) is 78.4 Å². The van der Waals surface area contributed by atoms with E-state index in [4.69, 9.17) is 23.5 Å². The van der Waals surface area contributed by atoms with Crippen molar-refractivity contribution in [3.05, 3.63) is 54.1 Å². The predicted molar refractivity (Wildman–Crippen MR) is 159 cm³/mol. The molecule has 0 aromatic heterocycles. The minimum atomic E-state index is -0.442. The first-order valence-corrected chi connectivity index (χ1v) is 14.2. The number of carbonyl (C=O) groups is 2. The van der Waals surface area contributed by atoms with Crippen molar-refractivity contribution in [2.24, 2.45) is 10.8 Å². The highest BCUT2D eigenvalue weighted by Crippen LogP contribution is 2.21. The normalized spacial score (nSPS) is 13.6. The summed E-state index contributed by atoms with van der Waals surface area (Å²) in [5.41, 5.74) is 1.96. The first-order chi connectivity index (χ1) is 18.8. The Morgan fingerprint density at radius 2 is 1.35 bits per heavy atom. The Morgan fingerprint density at radius 3 is 1.93 bits per heavy atom. The molecule has 0 unspecified atom stereocenters. The zero-order valence-electron chi connectivity index (χ0n) is 25.4. The number of carbonyl (C=O) groups excluding carboxylic acids is 2. The molecule has 0 amide bonds. The molecule has 1 aliphatic rings. The Morgan fingerprint density at radius 1 is 0.800 bits per heavy atom. The molecule has 0 radical (unpaired) electrons. The van der Waals surface area contributed by atoms with Gasteiger partial charge in [-0.25, -0.2) is 4.79 Å². The summed E-state index contributed by atoms with van der Waals surface area (Å²) in [7, 11) is -0.366. The Hall–Kier alpha value is -2.84. The fourth-order valence-corrected chi connectivity index (χ4v) is 3.36. The minimum Gasteiger partial charge on any atom is -0.494 e. The van der Waals surface area contributed by atoms with Gasteiger partial charge in [0.25, 0.3) is 0 Å². The Balaban J connectivity index is 0.00000103. The maximum atomic E-state index is 12.4. The molecule has 0 spiro atoms. The van der Waals surface area contributed by atoms with Crippen LogP contribution in [0.3, 0.4) is 0 Å². The molecule has 8 heteroatoms. The zero-order valence-corrected chi connectivity index (χ0v) is 25.4. The van der Waals surface area contributed by atoms with Crippen molar-refractivity contribution in [2.45, 2.75) is 80.6 Å². The van der Waals surface area contributed by atoms with Crippen LogP contribution in [0.2, 0.25) is 0 Å². The van der Waals surface area contributed by atoms with Gasteiger partial charge in [0.2, 0.25) is 0 Å². The monoisotopic (exact) mass is 554 g/mol. The van der Waals surface area contributed by atoms with Gasteiger partial charge in [0, 0.05) is 19.6 Å². The molecule has 1 saturated heterocycles. The van der Waals surface area contributed by atoms with Gasteiger partial charge in [0.15, 0.2) is 0 Å². The molecular weight excluding hydrogens is 507 g/mol. The van der Waals surface area contributed by atoms with E-state index in [1.807, 2.05) is 12.1 Å². The van der Waals surface area contributed by atoms with E-state index in [0.717, 1.165) is 31.1 Å². The van der Waals surface area contributed by atoms with Gasteiger partial charge in [-0.2, -0.15) is 0 Å². The Bertz CT molecular complexity index is 1010. The second kappa shape index (κ2) is 16.4. The van der Waals surface area contributed by atoms with E-state index in [0.29, 0.717) is 55.3 Å². The van der Waals surface area contributed by atoms with Crippen LogP contribution in [0.5, 0.6) is 11.5 Å². The highest BCUT2D eigenvalue weighted by atomic mass is 16.6. The summed E-state index contributed by atoms with van der Waals surface area (Å²) in [4.78, 5) is 24.2. The van der Waals surface area contributed by atoms with E-state index in [-0.39, 0.29) is 18.5 Å². The van der Waals surface area contributed by atoms with E-state index in [2.05, 4.69) is 48.5 Å². The van der Waals surface area contributed by atoms with Crippen molar-refractivity contribution in [2.75, 3.05) is 26.4 Å². The number of unbranched alkanes of at least 4 members (excludes halogenated alkanes) is 1. The third kappa shape index (κ3) is 15.1. The average molecular weight is 555 g/mol. The quantitative estimate of drug-likeness (QED) is 0.134. The van der Waals surface area contributed by atoms with Gasteiger partial charge in [0.1, 0.15) is 11.5 Å². The number of benzene rings is 2. The van der Waals surface area contributed by atoms with E-state index in [9.17, 15) is 9.59 Å². The number of esters is 2. The average Bonchev–Trinajstić information content (AvgIpc) is 2.89. The van der Waals surface area contributed by atoms with E-state index in [1.54, 1.807) is 36.4 Å². The van der Waals surface area contributed by atoms with Crippen molar-refractivity contribution in [3.8, 4) is 11.5 Å². The van der Waals surface area contributed by atoms with E-state index in [1.165, 1.54) is 0 Å². The number of ether oxygens (including phenoxy) is 3. The molecular formula is C32H47BO7. The fourth-order valence-electron chi connectivity index (χ4n) is 3.36. The SMILES string of the molecule is CC(C)(C)C.CC(C)(C)CCC(=O)OCCCCOc1ccc(C(=O)Oc2ccc(B3OCCCO3)cc2)cc1. The first-order valence-electron chi connectivity index (χ1n) is 14.2. The van der Waals surface area contributed by atoms with Crippen LogP contribution in [0.1, 0.15) is 90.9 Å². The third-order valence-electron chi connectivity index (χ3n) is 5.43. The summed E-state index contributed by atoms with van der Waals surface area (Å²) < 4.78 is 27.6. The third-order valence-corrected chi connectivity index (χ3v) is 5.43. The molecule has 0 atom stereocenters. The molecule has 3 rings (SSSR count). The highest BCUT2D eigenvalue weighted by molar-refractivity contribution is 6.61. The van der Waals surface area contributed by atoms with Crippen LogP contribution in [0, 0.1) is 10.8 Å². The molecule has 7 nitrogen and oxygen atoms in total. The molecule has 0 N–H and O–H groups in total. The molecule has 0 aliphatic carbocycles. The van der Waals surface area contributed by atoms with Crippen molar-refractivity contribution >= 4 is 24.5 Å². The van der Waals surface area contributed by atoms with E-state index < -0.39 is 5.97 Å². The predicted octanol–water partition coefficient (Wildman–Crippen LogP) is 6.62. The molecule has 2 aromatic carbocycles. The first kappa shape index (κ1) is 33.4. The second-order valence-electron chi connectivity index (χ2n) is 12.7. The zero-order chi connectivity index (χ0) is 29.6. The van der Waals surface area contributed by atoms with E-state index >= 15 is 0 Å². The summed E-state index contributed by atoms with van der Waals surface area (Å²) in [5.74, 6) is 0.531. The van der Waals surface area contributed by atoms with Crippen molar-refractivity contribution in [1.29, 1.82) is 0 Å². The van der Waals surface area contributed by atoms with Crippen molar-refractivity contribution in [3.63, 3.8) is 0 Å². The lowest BCUT2D eigenvalue weighted by Gasteiger charge is -2.19. The summed E-state index contributed by atoms with van der Waals surface area (Å²) in [5, 5.41) is 0. The number of rotatable bonds is 11. The minimum absolute atomic E-state index is 0.130. The van der Waals surface area contributed by atoms with Crippen LogP contribution in [0.15, 0.2) is 48.5 Å². The molecule has 1 aliphatic heterocycles. The van der Waals surface area contributed by atoms with Crippen LogP contribution < -0.4 is 14.9 Å². The molecule has 220 valence electrons. The molecule has 40 heavy (non-hydrogen) atoms. The van der Waals surface area contributed by atoms with Gasteiger partial charge in [-0.3, -0.25) is 4.79 Å². The van der Waals surface area contributed by atoms with Crippen LogP contribution >= 0.6 is 0 Å². The lowest BCUT2D eigenvalue weighted by Crippen LogP contribution is -2.40. The number of hydrogen-bond acceptors (Lipinski definition) is 7. The summed E-state index contributed by atoms with van der Waals surface area (Å²) in [6, 6.07) is 14.0. The van der Waals surface area contributed by atoms with Crippen molar-refractivity contribution in [1.82, 2.24) is 0 Å². The lowest BCUT2D eigenvalue weighted by atomic mass is 9.78. The Labute approximate surface area is 241 Å². The smallest absolute Gasteiger partial charge is 0.493 e. The standard InChI is InChI=1S/C27H35BO7.C5H12/c1-27(2,3)16-15-25(29)32-18-5-4-17-31-23-11-7-21(8-12-23)26(30)35-24-13-9-22(10-14-24)28-33-19-6-20-34-28;1-5(2,3)4/h7-14H,4-6,15-20H2,1-3H3;1-4H3. The lowest BCUT2D eigenvalue weighted by molar-refractivity contribution is -0.144. The highest BCUT2D eigenvalue weighted by Gasteiger charge is 2.24. The molecule has 0 bridgehead atoms. The number of hydrogen-bond donors (Lipinski definition) is 0. The van der Waals surface area contributed by atoms with Gasteiger partial charge >= 0.3 is 19.1 Å². The van der Waals surface area contributed by atoms with Gasteiger partial charge in [0.05, 0.1) is 18.8 Å². The summed E-state index contributed by atoms with van der Waals surface area (Å²) >= 11 is 0. The second-order valence-corrected chi connectivity index (χ2v) is 12.7. The van der Waals surface area contributed by atoms with Crippen LogP contribution in [-0.2, 0) is 18.8 Å².